The molecule has 0 aromatic carbocycles. The lowest BCUT2D eigenvalue weighted by Gasteiger charge is -1.97. The summed E-state index contributed by atoms with van der Waals surface area (Å²) in [4.78, 5) is 3.87. The molecule has 0 aliphatic rings. The van der Waals surface area contributed by atoms with Crippen molar-refractivity contribution in [2.75, 3.05) is 0 Å². The van der Waals surface area contributed by atoms with E-state index >= 15 is 0 Å². The highest BCUT2D eigenvalue weighted by molar-refractivity contribution is 5.39. The topological polar surface area (TPSA) is 17.3 Å². The van der Waals surface area contributed by atoms with Gasteiger partial charge in [0.25, 0.3) is 0 Å². The third-order valence-electron chi connectivity index (χ3n) is 1.68. The smallest absolute Gasteiger partial charge is 0.218 e. The van der Waals surface area contributed by atoms with E-state index in [1.54, 1.807) is 6.07 Å². The van der Waals surface area contributed by atoms with Crippen LogP contribution in [-0.2, 0) is 0 Å². The van der Waals surface area contributed by atoms with Gasteiger partial charge in [0.05, 0.1) is 6.20 Å². The fraction of sp³-hybridized carbons (Fsp3) is 0.125. The molecule has 0 aliphatic heterocycles. The summed E-state index contributed by atoms with van der Waals surface area (Å²) in [5, 5.41) is 0. The van der Waals surface area contributed by atoms with Crippen LogP contribution in [-0.4, -0.2) is 9.38 Å². The standard InChI is InChI=1S/C8H7FN2/c1-6-3-2-4-8-10-5-7(9)11(6)8/h2-5H,1H3. The zero-order valence-corrected chi connectivity index (χ0v) is 6.08. The number of halogens is 1. The summed E-state index contributed by atoms with van der Waals surface area (Å²) in [6.45, 7) is 1.84. The van der Waals surface area contributed by atoms with E-state index in [2.05, 4.69) is 4.98 Å². The average Bonchev–Trinajstić information content (AvgIpc) is 2.34. The molecule has 11 heavy (non-hydrogen) atoms. The second-order valence-electron chi connectivity index (χ2n) is 2.44. The van der Waals surface area contributed by atoms with Gasteiger partial charge in [-0.05, 0) is 19.1 Å². The molecule has 2 heterocycles. The Hall–Kier alpha value is -1.38. The van der Waals surface area contributed by atoms with Crippen molar-refractivity contribution in [2.45, 2.75) is 6.92 Å². The number of hydrogen-bond acceptors (Lipinski definition) is 1. The summed E-state index contributed by atoms with van der Waals surface area (Å²) >= 11 is 0. The van der Waals surface area contributed by atoms with Crippen LogP contribution in [0.3, 0.4) is 0 Å². The second kappa shape index (κ2) is 2.05. The van der Waals surface area contributed by atoms with E-state index in [1.807, 2.05) is 19.1 Å². The molecule has 0 aliphatic carbocycles. The molecule has 0 amide bonds. The summed E-state index contributed by atoms with van der Waals surface area (Å²) < 4.78 is 14.4. The Morgan fingerprint density at radius 1 is 1.45 bits per heavy atom. The molecule has 3 heteroatoms. The maximum absolute atomic E-state index is 12.9. The lowest BCUT2D eigenvalue weighted by atomic mass is 10.4. The number of aryl methyl sites for hydroxylation is 1. The highest BCUT2D eigenvalue weighted by Gasteiger charge is 2.01. The molecule has 2 aromatic heterocycles. The van der Waals surface area contributed by atoms with Crippen molar-refractivity contribution in [3.05, 3.63) is 36.0 Å². The van der Waals surface area contributed by atoms with Crippen molar-refractivity contribution < 1.29 is 4.39 Å². The van der Waals surface area contributed by atoms with Gasteiger partial charge in [-0.3, -0.25) is 4.40 Å². The molecule has 0 saturated heterocycles. The Labute approximate surface area is 63.3 Å². The van der Waals surface area contributed by atoms with Crippen molar-refractivity contribution in [3.8, 4) is 0 Å². The van der Waals surface area contributed by atoms with Gasteiger partial charge in [0.1, 0.15) is 5.65 Å². The Morgan fingerprint density at radius 3 is 3.00 bits per heavy atom. The SMILES string of the molecule is Cc1cccc2ncc(F)n12. The third-order valence-corrected chi connectivity index (χ3v) is 1.68. The molecule has 2 nitrogen and oxygen atoms in total. The molecule has 0 spiro atoms. The first-order valence-electron chi connectivity index (χ1n) is 3.37. The Balaban J connectivity index is 2.96. The van der Waals surface area contributed by atoms with Crippen molar-refractivity contribution in [3.63, 3.8) is 0 Å². The normalized spacial score (nSPS) is 10.7. The van der Waals surface area contributed by atoms with Crippen LogP contribution in [0.25, 0.3) is 5.65 Å². The predicted molar refractivity (Wildman–Crippen MR) is 39.9 cm³/mol. The fourth-order valence-corrected chi connectivity index (χ4v) is 1.16. The van der Waals surface area contributed by atoms with Gasteiger partial charge in [0.15, 0.2) is 0 Å². The minimum Gasteiger partial charge on any atom is -0.274 e. The molecule has 0 fully saturated rings. The number of nitrogens with zero attached hydrogens (tertiary/aromatic N) is 2. The molecule has 2 aromatic rings. The van der Waals surface area contributed by atoms with Gasteiger partial charge in [0, 0.05) is 5.69 Å². The molecular formula is C8H7FN2. The zero-order valence-electron chi connectivity index (χ0n) is 6.08. The molecule has 0 bridgehead atoms. The van der Waals surface area contributed by atoms with Gasteiger partial charge >= 0.3 is 0 Å². The van der Waals surface area contributed by atoms with Gasteiger partial charge in [-0.25, -0.2) is 4.98 Å². The minimum atomic E-state index is -0.307. The molecular weight excluding hydrogens is 143 g/mol. The number of fused-ring (bicyclic) bond motifs is 1. The zero-order chi connectivity index (χ0) is 7.84. The quantitative estimate of drug-likeness (QED) is 0.559. The van der Waals surface area contributed by atoms with Crippen LogP contribution in [0, 0.1) is 12.9 Å². The van der Waals surface area contributed by atoms with Crippen LogP contribution < -0.4 is 0 Å². The first-order chi connectivity index (χ1) is 5.29. The molecule has 0 saturated carbocycles. The second-order valence-corrected chi connectivity index (χ2v) is 2.44. The molecule has 56 valence electrons. The Bertz CT molecular complexity index is 392. The Kier molecular flexibility index (Phi) is 1.18. The van der Waals surface area contributed by atoms with E-state index in [4.69, 9.17) is 0 Å². The molecule has 2 rings (SSSR count). The van der Waals surface area contributed by atoms with Crippen molar-refractivity contribution in [1.82, 2.24) is 9.38 Å². The van der Waals surface area contributed by atoms with Crippen molar-refractivity contribution in [1.29, 1.82) is 0 Å². The number of pyridine rings is 1. The average molecular weight is 150 g/mol. The lowest BCUT2D eigenvalue weighted by molar-refractivity contribution is 0.569. The fourth-order valence-electron chi connectivity index (χ4n) is 1.16. The number of rotatable bonds is 0. The van der Waals surface area contributed by atoms with Gasteiger partial charge in [-0.2, -0.15) is 4.39 Å². The summed E-state index contributed by atoms with van der Waals surface area (Å²) in [5.41, 5.74) is 1.51. The highest BCUT2D eigenvalue weighted by atomic mass is 19.1. The van der Waals surface area contributed by atoms with Crippen molar-refractivity contribution in [2.24, 2.45) is 0 Å². The monoisotopic (exact) mass is 150 g/mol. The number of aromatic nitrogens is 2. The number of imidazole rings is 1. The van der Waals surface area contributed by atoms with E-state index in [0.29, 0.717) is 5.65 Å². The summed E-state index contributed by atoms with van der Waals surface area (Å²) in [6.07, 6.45) is 1.22. The third kappa shape index (κ3) is 0.808. The van der Waals surface area contributed by atoms with E-state index in [-0.39, 0.29) is 5.95 Å². The minimum absolute atomic E-state index is 0.307. The Morgan fingerprint density at radius 2 is 2.27 bits per heavy atom. The van der Waals surface area contributed by atoms with Crippen LogP contribution in [0.15, 0.2) is 24.4 Å². The summed E-state index contributed by atoms with van der Waals surface area (Å²) in [6, 6.07) is 5.48. The van der Waals surface area contributed by atoms with E-state index in [0.717, 1.165) is 5.69 Å². The molecule has 0 atom stereocenters. The first-order valence-corrected chi connectivity index (χ1v) is 3.37. The summed E-state index contributed by atoms with van der Waals surface area (Å²) in [7, 11) is 0. The van der Waals surface area contributed by atoms with E-state index in [1.165, 1.54) is 10.6 Å². The van der Waals surface area contributed by atoms with Crippen LogP contribution in [0.5, 0.6) is 0 Å². The van der Waals surface area contributed by atoms with Crippen LogP contribution in [0.4, 0.5) is 4.39 Å². The molecule has 0 radical (unpaired) electrons. The van der Waals surface area contributed by atoms with Gasteiger partial charge in [-0.15, -0.1) is 0 Å². The van der Waals surface area contributed by atoms with Gasteiger partial charge < -0.3 is 0 Å². The number of hydrogen-bond donors (Lipinski definition) is 0. The maximum atomic E-state index is 12.9. The van der Waals surface area contributed by atoms with E-state index < -0.39 is 0 Å². The molecule has 0 unspecified atom stereocenters. The van der Waals surface area contributed by atoms with Crippen LogP contribution in [0.2, 0.25) is 0 Å². The highest BCUT2D eigenvalue weighted by Crippen LogP contribution is 2.07. The predicted octanol–water partition coefficient (Wildman–Crippen LogP) is 1.78. The van der Waals surface area contributed by atoms with Gasteiger partial charge in [-0.1, -0.05) is 6.07 Å². The lowest BCUT2D eigenvalue weighted by Crippen LogP contribution is -1.92. The van der Waals surface area contributed by atoms with Crippen LogP contribution >= 0.6 is 0 Å². The first kappa shape index (κ1) is 6.34. The largest absolute Gasteiger partial charge is 0.274 e. The van der Waals surface area contributed by atoms with Crippen molar-refractivity contribution >= 4 is 5.65 Å². The maximum Gasteiger partial charge on any atom is 0.218 e. The summed E-state index contributed by atoms with van der Waals surface area (Å²) in [5.74, 6) is -0.307. The van der Waals surface area contributed by atoms with Gasteiger partial charge in [0.2, 0.25) is 5.95 Å². The molecule has 0 N–H and O–H groups in total. The van der Waals surface area contributed by atoms with E-state index in [9.17, 15) is 4.39 Å². The van der Waals surface area contributed by atoms with Crippen LogP contribution in [0.1, 0.15) is 5.69 Å².